The van der Waals surface area contributed by atoms with E-state index in [9.17, 15) is 8.42 Å². The largest absolute Gasteiger partial charge is 0.300 e. The van der Waals surface area contributed by atoms with Gasteiger partial charge in [-0.1, -0.05) is 6.07 Å². The average Bonchev–Trinajstić information content (AvgIpc) is 3.40. The Balaban J connectivity index is 1.73. The Morgan fingerprint density at radius 2 is 1.81 bits per heavy atom. The van der Waals surface area contributed by atoms with Crippen LogP contribution in [-0.4, -0.2) is 45.2 Å². The van der Waals surface area contributed by atoms with Crippen LogP contribution in [0.4, 0.5) is 0 Å². The molecule has 0 aliphatic rings. The Labute approximate surface area is 155 Å². The summed E-state index contributed by atoms with van der Waals surface area (Å²) in [7, 11) is -2.09. The third-order valence-electron chi connectivity index (χ3n) is 4.05. The minimum Gasteiger partial charge on any atom is -0.300 e. The van der Waals surface area contributed by atoms with Crippen molar-refractivity contribution in [3.63, 3.8) is 0 Å². The summed E-state index contributed by atoms with van der Waals surface area (Å²) in [6, 6.07) is 14.2. The minimum absolute atomic E-state index is 0.201. The van der Waals surface area contributed by atoms with Crippen molar-refractivity contribution < 1.29 is 8.42 Å². The van der Waals surface area contributed by atoms with Crippen molar-refractivity contribution in [3.8, 4) is 22.8 Å². The van der Waals surface area contributed by atoms with Gasteiger partial charge >= 0.3 is 0 Å². The lowest BCUT2D eigenvalue weighted by atomic mass is 10.2. The fourth-order valence-corrected chi connectivity index (χ4v) is 3.42. The van der Waals surface area contributed by atoms with Crippen molar-refractivity contribution in [2.24, 2.45) is 0 Å². The molecule has 0 fully saturated rings. The van der Waals surface area contributed by atoms with Gasteiger partial charge < -0.3 is 0 Å². The zero-order valence-electron chi connectivity index (χ0n) is 14.3. The van der Waals surface area contributed by atoms with Crippen LogP contribution in [0.3, 0.4) is 0 Å². The Morgan fingerprint density at radius 1 is 1.04 bits per heavy atom. The fourth-order valence-electron chi connectivity index (χ4n) is 2.69. The van der Waals surface area contributed by atoms with E-state index < -0.39 is 10.0 Å². The zero-order chi connectivity index (χ0) is 18.9. The number of aromatic nitrogens is 6. The molecule has 0 bridgehead atoms. The standard InChI is InChI=1S/C17H15N7O2S/c1-18-27(25,26)16-7-5-13(6-8-16)17-19-9-10-23(17)14-3-2-4-15(11-14)24-12-20-21-22-24/h2-12,18H,1H3. The van der Waals surface area contributed by atoms with Crippen LogP contribution in [0.1, 0.15) is 0 Å². The van der Waals surface area contributed by atoms with Crippen LogP contribution in [0.5, 0.6) is 0 Å². The minimum atomic E-state index is -3.48. The van der Waals surface area contributed by atoms with E-state index in [1.165, 1.54) is 13.4 Å². The second-order valence-corrected chi connectivity index (χ2v) is 7.51. The zero-order valence-corrected chi connectivity index (χ0v) is 15.1. The Kier molecular flexibility index (Phi) is 4.26. The summed E-state index contributed by atoms with van der Waals surface area (Å²) < 4.78 is 29.6. The van der Waals surface area contributed by atoms with Gasteiger partial charge in [0, 0.05) is 23.6 Å². The Morgan fingerprint density at radius 3 is 2.52 bits per heavy atom. The van der Waals surface area contributed by atoms with Gasteiger partial charge in [0.15, 0.2) is 0 Å². The molecule has 0 amide bonds. The third-order valence-corrected chi connectivity index (χ3v) is 5.48. The molecular weight excluding hydrogens is 366 g/mol. The molecule has 4 rings (SSSR count). The second-order valence-electron chi connectivity index (χ2n) is 5.63. The number of tetrazole rings is 1. The Bertz CT molecular complexity index is 1170. The van der Waals surface area contributed by atoms with Crippen molar-refractivity contribution in [1.29, 1.82) is 0 Å². The van der Waals surface area contributed by atoms with Crippen LogP contribution in [0.25, 0.3) is 22.8 Å². The van der Waals surface area contributed by atoms with Gasteiger partial charge in [-0.2, -0.15) is 0 Å². The summed E-state index contributed by atoms with van der Waals surface area (Å²) in [5.74, 6) is 0.692. The van der Waals surface area contributed by atoms with Gasteiger partial charge in [-0.15, -0.1) is 5.10 Å². The maximum Gasteiger partial charge on any atom is 0.240 e. The Hall–Kier alpha value is -3.37. The molecule has 1 N–H and O–H groups in total. The first-order valence-electron chi connectivity index (χ1n) is 7.99. The summed E-state index contributed by atoms with van der Waals surface area (Å²) in [5, 5.41) is 11.2. The first kappa shape index (κ1) is 17.1. The number of sulfonamides is 1. The SMILES string of the molecule is CNS(=O)(=O)c1ccc(-c2nccn2-c2cccc(-n3cnnn3)c2)cc1. The number of nitrogens with one attached hydrogen (secondary N) is 1. The third kappa shape index (κ3) is 3.23. The predicted octanol–water partition coefficient (Wildman–Crippen LogP) is 1.42. The van der Waals surface area contributed by atoms with E-state index in [2.05, 4.69) is 25.2 Å². The molecular formula is C17H15N7O2S. The van der Waals surface area contributed by atoms with Gasteiger partial charge in [0.2, 0.25) is 10.0 Å². The first-order chi connectivity index (χ1) is 13.1. The van der Waals surface area contributed by atoms with Crippen molar-refractivity contribution in [2.75, 3.05) is 7.05 Å². The number of hydrogen-bond donors (Lipinski definition) is 1. The molecule has 4 aromatic rings. The number of nitrogens with zero attached hydrogens (tertiary/aromatic N) is 6. The maximum absolute atomic E-state index is 11.9. The summed E-state index contributed by atoms with van der Waals surface area (Å²) in [5.41, 5.74) is 2.48. The molecule has 136 valence electrons. The topological polar surface area (TPSA) is 108 Å². The van der Waals surface area contributed by atoms with Crippen LogP contribution in [0.2, 0.25) is 0 Å². The van der Waals surface area contributed by atoms with Crippen molar-refractivity contribution >= 4 is 10.0 Å². The van der Waals surface area contributed by atoms with Crippen molar-refractivity contribution in [3.05, 3.63) is 67.3 Å². The van der Waals surface area contributed by atoms with Gasteiger partial charge in [0.1, 0.15) is 12.2 Å². The molecule has 0 saturated heterocycles. The van der Waals surface area contributed by atoms with Gasteiger partial charge in [0.05, 0.1) is 10.6 Å². The monoisotopic (exact) mass is 381 g/mol. The maximum atomic E-state index is 11.9. The van der Waals surface area contributed by atoms with Crippen molar-refractivity contribution in [1.82, 2.24) is 34.5 Å². The van der Waals surface area contributed by atoms with Crippen LogP contribution in [0, 0.1) is 0 Å². The van der Waals surface area contributed by atoms with Gasteiger partial charge in [-0.05, 0) is 59.9 Å². The normalized spacial score (nSPS) is 11.6. The molecule has 10 heteroatoms. The van der Waals surface area contributed by atoms with E-state index in [0.717, 1.165) is 16.9 Å². The second kappa shape index (κ2) is 6.74. The summed E-state index contributed by atoms with van der Waals surface area (Å²) in [6.45, 7) is 0. The van der Waals surface area contributed by atoms with E-state index >= 15 is 0 Å². The van der Waals surface area contributed by atoms with Gasteiger partial charge in [-0.25, -0.2) is 22.8 Å². The summed E-state index contributed by atoms with van der Waals surface area (Å²) in [6.07, 6.45) is 5.05. The van der Waals surface area contributed by atoms with E-state index in [4.69, 9.17) is 0 Å². The molecule has 0 atom stereocenters. The highest BCUT2D eigenvalue weighted by molar-refractivity contribution is 7.89. The lowest BCUT2D eigenvalue weighted by Crippen LogP contribution is -2.18. The molecule has 9 nitrogen and oxygen atoms in total. The van der Waals surface area contributed by atoms with Gasteiger partial charge in [0.25, 0.3) is 0 Å². The van der Waals surface area contributed by atoms with Crippen LogP contribution < -0.4 is 4.72 Å². The highest BCUT2D eigenvalue weighted by Gasteiger charge is 2.13. The smallest absolute Gasteiger partial charge is 0.240 e. The average molecular weight is 381 g/mol. The molecule has 27 heavy (non-hydrogen) atoms. The first-order valence-corrected chi connectivity index (χ1v) is 9.48. The lowest BCUT2D eigenvalue weighted by Gasteiger charge is -2.10. The highest BCUT2D eigenvalue weighted by Crippen LogP contribution is 2.24. The lowest BCUT2D eigenvalue weighted by molar-refractivity contribution is 0.588. The quantitative estimate of drug-likeness (QED) is 0.560. The van der Waals surface area contributed by atoms with Crippen LogP contribution in [-0.2, 0) is 10.0 Å². The molecule has 2 aromatic carbocycles. The molecule has 2 heterocycles. The number of benzene rings is 2. The van der Waals surface area contributed by atoms with Crippen LogP contribution in [0.15, 0.2) is 72.1 Å². The number of imidazole rings is 1. The molecule has 0 spiro atoms. The molecule has 2 aromatic heterocycles. The number of rotatable bonds is 5. The summed E-state index contributed by atoms with van der Waals surface area (Å²) >= 11 is 0. The van der Waals surface area contributed by atoms with Crippen molar-refractivity contribution in [2.45, 2.75) is 4.90 Å². The molecule has 0 aliphatic heterocycles. The number of hydrogen-bond acceptors (Lipinski definition) is 6. The van der Waals surface area contributed by atoms with E-state index in [0.29, 0.717) is 5.82 Å². The summed E-state index contributed by atoms with van der Waals surface area (Å²) in [4.78, 5) is 4.62. The van der Waals surface area contributed by atoms with Gasteiger partial charge in [-0.3, -0.25) is 4.57 Å². The molecule has 0 unspecified atom stereocenters. The molecule has 0 radical (unpaired) electrons. The molecule has 0 saturated carbocycles. The predicted molar refractivity (Wildman–Crippen MR) is 98.0 cm³/mol. The highest BCUT2D eigenvalue weighted by atomic mass is 32.2. The fraction of sp³-hybridized carbons (Fsp3) is 0.0588. The molecule has 0 aliphatic carbocycles. The van der Waals surface area contributed by atoms with E-state index in [-0.39, 0.29) is 4.90 Å². The van der Waals surface area contributed by atoms with E-state index in [1.807, 2.05) is 35.0 Å². The van der Waals surface area contributed by atoms with Crippen LogP contribution >= 0.6 is 0 Å². The van der Waals surface area contributed by atoms with E-state index in [1.54, 1.807) is 35.1 Å².